The lowest BCUT2D eigenvalue weighted by molar-refractivity contribution is 0.0952. The molecule has 1 heterocycles. The molecule has 2 rings (SSSR count). The Morgan fingerprint density at radius 3 is 2.94 bits per heavy atom. The molecule has 1 amide bonds. The number of nitrogens with two attached hydrogens (primary N) is 1. The summed E-state index contributed by atoms with van der Waals surface area (Å²) in [7, 11) is 0. The number of benzene rings is 1. The van der Waals surface area contributed by atoms with Crippen molar-refractivity contribution in [3.8, 4) is 11.4 Å². The third-order valence-electron chi connectivity index (χ3n) is 2.43. The van der Waals surface area contributed by atoms with Crippen molar-refractivity contribution in [2.24, 2.45) is 5.73 Å². The number of carbonyl (C=O) groups is 1. The van der Waals surface area contributed by atoms with Gasteiger partial charge in [0.25, 0.3) is 5.91 Å². The van der Waals surface area contributed by atoms with Crippen molar-refractivity contribution in [3.05, 3.63) is 36.2 Å². The van der Waals surface area contributed by atoms with Crippen molar-refractivity contribution in [3.63, 3.8) is 0 Å². The number of nitrogens with zero attached hydrogens (tertiary/aromatic N) is 2. The summed E-state index contributed by atoms with van der Waals surface area (Å²) < 4.78 is 0. The number of nitrogens with one attached hydrogen (secondary N) is 2. The van der Waals surface area contributed by atoms with Gasteiger partial charge in [0, 0.05) is 18.2 Å². The van der Waals surface area contributed by atoms with E-state index in [9.17, 15) is 4.79 Å². The number of aromatic nitrogens is 3. The molecule has 1 atom stereocenters. The van der Waals surface area contributed by atoms with Gasteiger partial charge in [-0.25, -0.2) is 4.98 Å². The molecule has 1 aromatic carbocycles. The zero-order valence-corrected chi connectivity index (χ0v) is 10.1. The molecule has 1 aromatic heterocycles. The first-order chi connectivity index (χ1) is 8.68. The van der Waals surface area contributed by atoms with E-state index < -0.39 is 0 Å². The minimum atomic E-state index is -0.167. The molecular formula is C12H15N5O. The maximum Gasteiger partial charge on any atom is 0.252 e. The first-order valence-corrected chi connectivity index (χ1v) is 5.67. The molecule has 0 saturated heterocycles. The minimum Gasteiger partial charge on any atom is -0.350 e. The van der Waals surface area contributed by atoms with Crippen LogP contribution in [0.5, 0.6) is 0 Å². The molecule has 6 nitrogen and oxygen atoms in total. The Hall–Kier alpha value is -2.21. The molecule has 0 saturated carbocycles. The largest absolute Gasteiger partial charge is 0.350 e. The van der Waals surface area contributed by atoms with Crippen LogP contribution in [-0.4, -0.2) is 33.7 Å². The van der Waals surface area contributed by atoms with Crippen molar-refractivity contribution in [2.45, 2.75) is 13.0 Å². The van der Waals surface area contributed by atoms with Crippen LogP contribution in [0.25, 0.3) is 11.4 Å². The SMILES string of the molecule is C[C@H](N)CNC(=O)c1ccccc1-c1ncn[nH]1. The van der Waals surface area contributed by atoms with E-state index in [1.807, 2.05) is 19.1 Å². The normalized spacial score (nSPS) is 12.1. The highest BCUT2D eigenvalue weighted by Crippen LogP contribution is 2.18. The molecule has 2 aromatic rings. The Bertz CT molecular complexity index is 521. The molecule has 6 heteroatoms. The molecule has 0 bridgehead atoms. The fraction of sp³-hybridized carbons (Fsp3) is 0.250. The summed E-state index contributed by atoms with van der Waals surface area (Å²) in [5.41, 5.74) is 6.88. The Kier molecular flexibility index (Phi) is 3.69. The molecule has 0 unspecified atom stereocenters. The van der Waals surface area contributed by atoms with Crippen LogP contribution in [0.2, 0.25) is 0 Å². The van der Waals surface area contributed by atoms with Gasteiger partial charge in [-0.3, -0.25) is 9.89 Å². The summed E-state index contributed by atoms with van der Waals surface area (Å²) in [4.78, 5) is 16.1. The van der Waals surface area contributed by atoms with Crippen LogP contribution < -0.4 is 11.1 Å². The number of amides is 1. The molecule has 0 radical (unpaired) electrons. The molecule has 18 heavy (non-hydrogen) atoms. The van der Waals surface area contributed by atoms with Crippen LogP contribution in [0.1, 0.15) is 17.3 Å². The molecular weight excluding hydrogens is 230 g/mol. The van der Waals surface area contributed by atoms with Gasteiger partial charge >= 0.3 is 0 Å². The smallest absolute Gasteiger partial charge is 0.252 e. The van der Waals surface area contributed by atoms with Gasteiger partial charge in [0.1, 0.15) is 6.33 Å². The number of hydrogen-bond acceptors (Lipinski definition) is 4. The summed E-state index contributed by atoms with van der Waals surface area (Å²) in [6, 6.07) is 7.14. The lowest BCUT2D eigenvalue weighted by Gasteiger charge is -2.10. The lowest BCUT2D eigenvalue weighted by atomic mass is 10.1. The third kappa shape index (κ3) is 2.72. The van der Waals surface area contributed by atoms with E-state index >= 15 is 0 Å². The van der Waals surface area contributed by atoms with E-state index in [4.69, 9.17) is 5.73 Å². The first kappa shape index (κ1) is 12.3. The van der Waals surface area contributed by atoms with Crippen LogP contribution in [-0.2, 0) is 0 Å². The second-order valence-corrected chi connectivity index (χ2v) is 4.07. The molecule has 0 aliphatic carbocycles. The van der Waals surface area contributed by atoms with Gasteiger partial charge in [0.2, 0.25) is 0 Å². The maximum atomic E-state index is 12.0. The van der Waals surface area contributed by atoms with E-state index in [0.717, 1.165) is 5.56 Å². The molecule has 4 N–H and O–H groups in total. The van der Waals surface area contributed by atoms with E-state index in [1.54, 1.807) is 12.1 Å². The van der Waals surface area contributed by atoms with Crippen molar-refractivity contribution >= 4 is 5.91 Å². The number of aromatic amines is 1. The van der Waals surface area contributed by atoms with Crippen molar-refractivity contribution < 1.29 is 4.79 Å². The second kappa shape index (κ2) is 5.42. The summed E-state index contributed by atoms with van der Waals surface area (Å²) in [6.07, 6.45) is 1.41. The van der Waals surface area contributed by atoms with Crippen LogP contribution in [0.15, 0.2) is 30.6 Å². The molecule has 0 aliphatic rings. The van der Waals surface area contributed by atoms with Gasteiger partial charge in [0.05, 0.1) is 5.56 Å². The van der Waals surface area contributed by atoms with E-state index in [1.165, 1.54) is 6.33 Å². The highest BCUT2D eigenvalue weighted by molar-refractivity contribution is 6.00. The van der Waals surface area contributed by atoms with Crippen LogP contribution in [0, 0.1) is 0 Å². The summed E-state index contributed by atoms with van der Waals surface area (Å²) in [5.74, 6) is 0.404. The van der Waals surface area contributed by atoms with E-state index in [0.29, 0.717) is 17.9 Å². The topological polar surface area (TPSA) is 96.7 Å². The lowest BCUT2D eigenvalue weighted by Crippen LogP contribution is -2.35. The predicted octanol–water partition coefficient (Wildman–Crippen LogP) is 0.549. The fourth-order valence-corrected chi connectivity index (χ4v) is 1.57. The van der Waals surface area contributed by atoms with Gasteiger partial charge < -0.3 is 11.1 Å². The third-order valence-corrected chi connectivity index (χ3v) is 2.43. The molecule has 0 fully saturated rings. The van der Waals surface area contributed by atoms with Crippen LogP contribution in [0.3, 0.4) is 0 Å². The summed E-state index contributed by atoms with van der Waals surface area (Å²) in [6.45, 7) is 2.27. The Labute approximate surface area is 105 Å². The maximum absolute atomic E-state index is 12.0. The summed E-state index contributed by atoms with van der Waals surface area (Å²) in [5, 5.41) is 9.31. The van der Waals surface area contributed by atoms with Gasteiger partial charge in [0.15, 0.2) is 5.82 Å². The number of carbonyl (C=O) groups excluding carboxylic acids is 1. The highest BCUT2D eigenvalue weighted by Gasteiger charge is 2.13. The average molecular weight is 245 g/mol. The number of rotatable bonds is 4. The average Bonchev–Trinajstić information content (AvgIpc) is 2.89. The number of H-pyrrole nitrogens is 1. The van der Waals surface area contributed by atoms with Gasteiger partial charge in [-0.2, -0.15) is 5.10 Å². The Morgan fingerprint density at radius 1 is 1.50 bits per heavy atom. The van der Waals surface area contributed by atoms with Crippen molar-refractivity contribution in [1.29, 1.82) is 0 Å². The van der Waals surface area contributed by atoms with Crippen LogP contribution in [0.4, 0.5) is 0 Å². The quantitative estimate of drug-likeness (QED) is 0.732. The summed E-state index contributed by atoms with van der Waals surface area (Å²) >= 11 is 0. The Balaban J connectivity index is 2.25. The zero-order valence-electron chi connectivity index (χ0n) is 10.1. The van der Waals surface area contributed by atoms with E-state index in [2.05, 4.69) is 20.5 Å². The van der Waals surface area contributed by atoms with Gasteiger partial charge in [-0.1, -0.05) is 18.2 Å². The first-order valence-electron chi connectivity index (χ1n) is 5.67. The fourth-order valence-electron chi connectivity index (χ4n) is 1.57. The van der Waals surface area contributed by atoms with Gasteiger partial charge in [-0.05, 0) is 13.0 Å². The second-order valence-electron chi connectivity index (χ2n) is 4.07. The van der Waals surface area contributed by atoms with Crippen molar-refractivity contribution in [1.82, 2.24) is 20.5 Å². The monoisotopic (exact) mass is 245 g/mol. The molecule has 94 valence electrons. The highest BCUT2D eigenvalue weighted by atomic mass is 16.1. The van der Waals surface area contributed by atoms with Crippen LogP contribution >= 0.6 is 0 Å². The van der Waals surface area contributed by atoms with Gasteiger partial charge in [-0.15, -0.1) is 0 Å². The molecule has 0 aliphatic heterocycles. The Morgan fingerprint density at radius 2 is 2.28 bits per heavy atom. The minimum absolute atomic E-state index is 0.0774. The molecule has 0 spiro atoms. The zero-order chi connectivity index (χ0) is 13.0. The van der Waals surface area contributed by atoms with E-state index in [-0.39, 0.29) is 11.9 Å². The standard InChI is InChI=1S/C12H15N5O/c1-8(13)6-14-12(18)10-5-3-2-4-9(10)11-15-7-16-17-11/h2-5,7-8H,6,13H2,1H3,(H,14,18)(H,15,16,17)/t8-/m0/s1. The van der Waals surface area contributed by atoms with Crippen molar-refractivity contribution in [2.75, 3.05) is 6.54 Å². The predicted molar refractivity (Wildman–Crippen MR) is 67.8 cm³/mol. The number of hydrogen-bond donors (Lipinski definition) is 3.